The summed E-state index contributed by atoms with van der Waals surface area (Å²) in [5.41, 5.74) is 9.40. The first kappa shape index (κ1) is 37.6. The van der Waals surface area contributed by atoms with Crippen LogP contribution in [0.25, 0.3) is 11.6 Å². The van der Waals surface area contributed by atoms with Crippen LogP contribution in [0.15, 0.2) is 61.6 Å². The lowest BCUT2D eigenvalue weighted by Crippen LogP contribution is -2.33. The first-order chi connectivity index (χ1) is 19.6. The van der Waals surface area contributed by atoms with Gasteiger partial charge in [0.05, 0.1) is 5.56 Å². The summed E-state index contributed by atoms with van der Waals surface area (Å²) >= 11 is 1.86. The zero-order valence-corrected chi connectivity index (χ0v) is 26.0. The summed E-state index contributed by atoms with van der Waals surface area (Å²) in [7, 11) is 1.98. The van der Waals surface area contributed by atoms with E-state index in [0.717, 1.165) is 13.1 Å². The number of allylic oxidation sites excluding steroid dienone is 5. The van der Waals surface area contributed by atoms with Crippen molar-refractivity contribution in [3.63, 3.8) is 0 Å². The standard InChI is InChI=1S/C27H34F2N4O2.C3H8S.C2H4/c1-5-33(4)13-12-31-27(35)23-16-32-25(19(23)3)15-21(17-34)26-20(9-7-11-24(26)30)14-22(29)10-6-8-18(2)28;1-3-4-2;1-2/h6-11,15-18,32H,5,12-14,30H2,1-4H3,(H,31,35);3H2,1-2H3;1-2H2/b8-6-,21-15+,22-10+;;. The number of likely N-dealkylation sites (N-methyl/N-ethyl adjacent to an activating group) is 1. The number of amides is 1. The molecule has 1 aromatic carbocycles. The van der Waals surface area contributed by atoms with E-state index in [1.54, 1.807) is 37.4 Å². The van der Waals surface area contributed by atoms with Gasteiger partial charge >= 0.3 is 0 Å². The second-order valence-corrected chi connectivity index (χ2v) is 10.1. The molecule has 0 saturated heterocycles. The van der Waals surface area contributed by atoms with E-state index in [1.165, 1.54) is 30.9 Å². The summed E-state index contributed by atoms with van der Waals surface area (Å²) in [5, 5.41) is 2.89. The molecule has 1 unspecified atom stereocenters. The van der Waals surface area contributed by atoms with E-state index in [1.807, 2.05) is 25.7 Å². The minimum atomic E-state index is -1.18. The third-order valence-corrected chi connectivity index (χ3v) is 6.52. The minimum Gasteiger partial charge on any atom is -0.398 e. The third kappa shape index (κ3) is 13.7. The largest absolute Gasteiger partial charge is 0.398 e. The lowest BCUT2D eigenvalue weighted by molar-refractivity contribution is -0.103. The topological polar surface area (TPSA) is 91.2 Å². The minimum absolute atomic E-state index is 0.111. The van der Waals surface area contributed by atoms with Crippen LogP contribution in [-0.2, 0) is 11.2 Å². The molecule has 2 aromatic rings. The number of anilines is 1. The number of hydrogen-bond donors (Lipinski definition) is 3. The number of carbonyl (C=O) groups excluding carboxylic acids is 2. The Morgan fingerprint density at radius 2 is 1.95 bits per heavy atom. The van der Waals surface area contributed by atoms with Crippen LogP contribution in [0.3, 0.4) is 0 Å². The molecule has 1 heterocycles. The van der Waals surface area contributed by atoms with Crippen molar-refractivity contribution in [1.82, 2.24) is 15.2 Å². The summed E-state index contributed by atoms with van der Waals surface area (Å²) in [6.45, 7) is 15.5. The summed E-state index contributed by atoms with van der Waals surface area (Å²) in [5.74, 6) is 0.529. The van der Waals surface area contributed by atoms with Crippen molar-refractivity contribution in [1.29, 1.82) is 0 Å². The molecule has 0 radical (unpaired) electrons. The molecule has 0 aliphatic carbocycles. The van der Waals surface area contributed by atoms with Crippen molar-refractivity contribution in [2.45, 2.75) is 40.3 Å². The summed E-state index contributed by atoms with van der Waals surface area (Å²) in [6.07, 6.45) is 8.40. The molecule has 226 valence electrons. The quantitative estimate of drug-likeness (QED) is 0.0787. The van der Waals surface area contributed by atoms with Gasteiger partial charge in [0.1, 0.15) is 12.0 Å². The fourth-order valence-corrected chi connectivity index (χ4v) is 3.50. The van der Waals surface area contributed by atoms with E-state index in [0.29, 0.717) is 46.5 Å². The highest BCUT2D eigenvalue weighted by Crippen LogP contribution is 2.29. The Labute approximate surface area is 248 Å². The van der Waals surface area contributed by atoms with Gasteiger partial charge in [-0.3, -0.25) is 9.59 Å². The van der Waals surface area contributed by atoms with E-state index < -0.39 is 12.0 Å². The highest BCUT2D eigenvalue weighted by molar-refractivity contribution is 7.98. The number of nitrogens with two attached hydrogens (primary N) is 1. The first-order valence-corrected chi connectivity index (χ1v) is 14.8. The number of aromatic amines is 1. The van der Waals surface area contributed by atoms with Crippen LogP contribution in [0.4, 0.5) is 14.5 Å². The van der Waals surface area contributed by atoms with Gasteiger partial charge in [-0.25, -0.2) is 8.78 Å². The molecule has 0 aliphatic heterocycles. The fraction of sp³-hybridized carbons (Fsp3) is 0.375. The van der Waals surface area contributed by atoms with E-state index in [4.69, 9.17) is 5.73 Å². The van der Waals surface area contributed by atoms with Gasteiger partial charge in [-0.05, 0) is 68.8 Å². The van der Waals surface area contributed by atoms with E-state index in [9.17, 15) is 18.4 Å². The number of hydrogen-bond acceptors (Lipinski definition) is 5. The SMILES string of the molecule is C=C.CCN(C)CCNC(=O)c1c[nH]c(/C=C(\C=O)c2c(N)cccc2C/C(F)=C\C=C/C(C)F)c1C.CCSC. The summed E-state index contributed by atoms with van der Waals surface area (Å²) in [6, 6.07) is 5.00. The maximum absolute atomic E-state index is 14.5. The number of rotatable bonds is 13. The maximum atomic E-state index is 14.5. The van der Waals surface area contributed by atoms with Gasteiger partial charge in [-0.2, -0.15) is 11.8 Å². The zero-order chi connectivity index (χ0) is 31.4. The Balaban J connectivity index is 0.00000244. The van der Waals surface area contributed by atoms with Crippen LogP contribution in [0.2, 0.25) is 0 Å². The van der Waals surface area contributed by atoms with Gasteiger partial charge in [0.2, 0.25) is 0 Å². The third-order valence-electron chi connectivity index (χ3n) is 5.94. The molecule has 6 nitrogen and oxygen atoms in total. The second kappa shape index (κ2) is 21.3. The van der Waals surface area contributed by atoms with Gasteiger partial charge in [0.15, 0.2) is 6.29 Å². The molecule has 41 heavy (non-hydrogen) atoms. The van der Waals surface area contributed by atoms with Crippen LogP contribution in [0.5, 0.6) is 0 Å². The molecule has 0 fully saturated rings. The molecule has 0 aliphatic rings. The highest BCUT2D eigenvalue weighted by Gasteiger charge is 2.16. The predicted molar refractivity (Wildman–Crippen MR) is 174 cm³/mol. The molecule has 4 N–H and O–H groups in total. The number of halogens is 2. The number of carbonyl (C=O) groups is 2. The second-order valence-electron chi connectivity index (χ2n) is 8.92. The number of nitrogens with one attached hydrogen (secondary N) is 2. The number of alkyl halides is 1. The average Bonchev–Trinajstić information content (AvgIpc) is 3.32. The molecule has 9 heteroatoms. The van der Waals surface area contributed by atoms with Gasteiger partial charge in [0, 0.05) is 48.2 Å². The number of H-pyrrole nitrogens is 1. The lowest BCUT2D eigenvalue weighted by atomic mass is 9.94. The summed E-state index contributed by atoms with van der Waals surface area (Å²) < 4.78 is 27.4. The van der Waals surface area contributed by atoms with Gasteiger partial charge in [-0.15, -0.1) is 13.2 Å². The molecule has 1 amide bonds. The van der Waals surface area contributed by atoms with E-state index in [-0.39, 0.29) is 17.9 Å². The van der Waals surface area contributed by atoms with Crippen molar-refractivity contribution in [2.24, 2.45) is 0 Å². The molecule has 0 spiro atoms. The Morgan fingerprint density at radius 3 is 2.51 bits per heavy atom. The number of aromatic nitrogens is 1. The van der Waals surface area contributed by atoms with Crippen LogP contribution in [0.1, 0.15) is 53.5 Å². The lowest BCUT2D eigenvalue weighted by Gasteiger charge is -2.14. The van der Waals surface area contributed by atoms with Crippen molar-refractivity contribution < 1.29 is 18.4 Å². The van der Waals surface area contributed by atoms with Gasteiger partial charge in [0.25, 0.3) is 5.91 Å². The van der Waals surface area contributed by atoms with Gasteiger partial charge in [-0.1, -0.05) is 38.1 Å². The molecular formula is C32H46F2N4O2S. The summed E-state index contributed by atoms with van der Waals surface area (Å²) in [4.78, 5) is 29.8. The Bertz CT molecular complexity index is 1170. The van der Waals surface area contributed by atoms with Crippen LogP contribution in [0, 0.1) is 6.92 Å². The predicted octanol–water partition coefficient (Wildman–Crippen LogP) is 6.81. The molecule has 1 atom stereocenters. The molecular weight excluding hydrogens is 542 g/mol. The zero-order valence-electron chi connectivity index (χ0n) is 25.2. The molecule has 0 saturated carbocycles. The van der Waals surface area contributed by atoms with E-state index >= 15 is 0 Å². The number of nitrogen functional groups attached to an aromatic ring is 1. The monoisotopic (exact) mass is 588 g/mol. The van der Waals surface area contributed by atoms with Crippen molar-refractivity contribution >= 4 is 41.3 Å². The normalized spacial score (nSPS) is 12.3. The smallest absolute Gasteiger partial charge is 0.253 e. The first-order valence-electron chi connectivity index (χ1n) is 13.4. The average molecular weight is 589 g/mol. The van der Waals surface area contributed by atoms with Crippen LogP contribution >= 0.6 is 11.8 Å². The highest BCUT2D eigenvalue weighted by atomic mass is 32.2. The molecule has 1 aromatic heterocycles. The Morgan fingerprint density at radius 1 is 1.29 bits per heavy atom. The number of benzene rings is 1. The molecule has 0 bridgehead atoms. The van der Waals surface area contributed by atoms with Crippen LogP contribution in [-0.4, -0.2) is 66.9 Å². The van der Waals surface area contributed by atoms with Crippen molar-refractivity contribution in [3.05, 3.63) is 89.6 Å². The van der Waals surface area contributed by atoms with E-state index in [2.05, 4.69) is 41.5 Å². The maximum Gasteiger partial charge on any atom is 0.253 e. The number of aldehydes is 1. The Hall–Kier alpha value is -3.43. The molecule has 2 rings (SSSR count). The number of nitrogens with zero attached hydrogens (tertiary/aromatic N) is 1. The van der Waals surface area contributed by atoms with Crippen molar-refractivity contribution in [2.75, 3.05) is 44.4 Å². The van der Waals surface area contributed by atoms with Crippen molar-refractivity contribution in [3.8, 4) is 0 Å². The fourth-order valence-electron chi connectivity index (χ4n) is 3.50. The van der Waals surface area contributed by atoms with Crippen LogP contribution < -0.4 is 11.1 Å². The Kier molecular flexibility index (Phi) is 19.5. The van der Waals surface area contributed by atoms with Gasteiger partial charge < -0.3 is 20.9 Å². The number of thioether (sulfide) groups is 1.